The zero-order chi connectivity index (χ0) is 12.0. The number of hydrogen-bond donors (Lipinski definition) is 2. The van der Waals surface area contributed by atoms with Crippen molar-refractivity contribution < 1.29 is 4.79 Å². The predicted molar refractivity (Wildman–Crippen MR) is 67.4 cm³/mol. The molecule has 1 amide bonds. The number of hydrogen-bond acceptors (Lipinski definition) is 2. The first-order valence-corrected chi connectivity index (χ1v) is 6.28. The number of rotatable bonds is 5. The molecule has 2 atom stereocenters. The Labute approximate surface area is 103 Å². The molecule has 1 saturated heterocycles. The van der Waals surface area contributed by atoms with Crippen LogP contribution in [0.3, 0.4) is 0 Å². The average molecular weight is 245 g/mol. The van der Waals surface area contributed by atoms with Crippen LogP contribution in [0, 0.1) is 11.8 Å². The van der Waals surface area contributed by atoms with Gasteiger partial charge in [0.05, 0.1) is 6.54 Å². The maximum Gasteiger partial charge on any atom is 0.220 e. The Morgan fingerprint density at radius 2 is 2.44 bits per heavy atom. The van der Waals surface area contributed by atoms with E-state index in [2.05, 4.69) is 24.1 Å². The highest BCUT2D eigenvalue weighted by Crippen LogP contribution is 2.22. The number of amides is 1. The van der Waals surface area contributed by atoms with Crippen molar-refractivity contribution in [3.05, 3.63) is 11.6 Å². The van der Waals surface area contributed by atoms with E-state index in [0.29, 0.717) is 29.8 Å². The molecule has 2 unspecified atom stereocenters. The van der Waals surface area contributed by atoms with Gasteiger partial charge in [0, 0.05) is 11.5 Å². The molecule has 2 N–H and O–H groups in total. The van der Waals surface area contributed by atoms with E-state index in [1.54, 1.807) is 0 Å². The number of piperidine rings is 1. The Morgan fingerprint density at radius 1 is 1.69 bits per heavy atom. The third-order valence-electron chi connectivity index (χ3n) is 3.12. The molecule has 4 heteroatoms. The second kappa shape index (κ2) is 6.92. The van der Waals surface area contributed by atoms with E-state index in [1.807, 2.05) is 0 Å². The molecule has 16 heavy (non-hydrogen) atoms. The molecule has 1 aliphatic rings. The lowest BCUT2D eigenvalue weighted by Crippen LogP contribution is -2.35. The van der Waals surface area contributed by atoms with Crippen LogP contribution in [0.5, 0.6) is 0 Å². The van der Waals surface area contributed by atoms with Crippen LogP contribution in [-0.2, 0) is 4.79 Å². The highest BCUT2D eigenvalue weighted by Gasteiger charge is 2.21. The standard InChI is InChI=1S/C12H21ClN2O/c1-9(11-4-3-5-14-8-11)6-12(16)15-7-10(2)13/h9,11,14H,2-8H2,1H3,(H,15,16). The summed E-state index contributed by atoms with van der Waals surface area (Å²) >= 11 is 5.59. The topological polar surface area (TPSA) is 41.1 Å². The Balaban J connectivity index is 2.23. The van der Waals surface area contributed by atoms with Crippen molar-refractivity contribution in [1.29, 1.82) is 0 Å². The van der Waals surface area contributed by atoms with Crippen molar-refractivity contribution in [2.75, 3.05) is 19.6 Å². The first kappa shape index (κ1) is 13.5. The van der Waals surface area contributed by atoms with Gasteiger partial charge in [0.25, 0.3) is 0 Å². The molecule has 0 aromatic heterocycles. The van der Waals surface area contributed by atoms with Crippen LogP contribution >= 0.6 is 11.6 Å². The van der Waals surface area contributed by atoms with Gasteiger partial charge in [0.1, 0.15) is 0 Å². The summed E-state index contributed by atoms with van der Waals surface area (Å²) in [7, 11) is 0. The molecule has 0 aliphatic carbocycles. The molecule has 1 aliphatic heterocycles. The van der Waals surface area contributed by atoms with Crippen molar-refractivity contribution in [3.8, 4) is 0 Å². The summed E-state index contributed by atoms with van der Waals surface area (Å²) in [4.78, 5) is 11.6. The van der Waals surface area contributed by atoms with E-state index in [-0.39, 0.29) is 5.91 Å². The predicted octanol–water partition coefficient (Wildman–Crippen LogP) is 1.88. The third-order valence-corrected chi connectivity index (χ3v) is 3.26. The van der Waals surface area contributed by atoms with Gasteiger partial charge < -0.3 is 10.6 Å². The van der Waals surface area contributed by atoms with Gasteiger partial charge in [-0.1, -0.05) is 25.1 Å². The molecule has 1 heterocycles. The first-order valence-electron chi connectivity index (χ1n) is 5.90. The van der Waals surface area contributed by atoms with Gasteiger partial charge in [-0.2, -0.15) is 0 Å². The van der Waals surface area contributed by atoms with Crippen LogP contribution in [0.1, 0.15) is 26.2 Å². The van der Waals surface area contributed by atoms with E-state index >= 15 is 0 Å². The molecule has 92 valence electrons. The molecule has 1 fully saturated rings. The minimum atomic E-state index is 0.0693. The number of carbonyl (C=O) groups excluding carboxylic acids is 1. The lowest BCUT2D eigenvalue weighted by atomic mass is 9.85. The minimum Gasteiger partial charge on any atom is -0.351 e. The van der Waals surface area contributed by atoms with Gasteiger partial charge in [-0.25, -0.2) is 0 Å². The van der Waals surface area contributed by atoms with E-state index in [0.717, 1.165) is 13.1 Å². The summed E-state index contributed by atoms with van der Waals surface area (Å²) in [6.45, 7) is 8.20. The second-order valence-electron chi connectivity index (χ2n) is 4.58. The quantitative estimate of drug-likeness (QED) is 0.776. The van der Waals surface area contributed by atoms with Crippen molar-refractivity contribution >= 4 is 17.5 Å². The van der Waals surface area contributed by atoms with Crippen LogP contribution in [0.4, 0.5) is 0 Å². The lowest BCUT2D eigenvalue weighted by molar-refractivity contribution is -0.122. The van der Waals surface area contributed by atoms with E-state index < -0.39 is 0 Å². The monoisotopic (exact) mass is 244 g/mol. The van der Waals surface area contributed by atoms with Crippen molar-refractivity contribution in [1.82, 2.24) is 10.6 Å². The fraction of sp³-hybridized carbons (Fsp3) is 0.750. The molecule has 1 rings (SSSR count). The van der Waals surface area contributed by atoms with Crippen LogP contribution < -0.4 is 10.6 Å². The van der Waals surface area contributed by atoms with Gasteiger partial charge in [-0.05, 0) is 37.8 Å². The second-order valence-corrected chi connectivity index (χ2v) is 5.12. The molecule has 0 radical (unpaired) electrons. The molecule has 0 bridgehead atoms. The van der Waals surface area contributed by atoms with Gasteiger partial charge >= 0.3 is 0 Å². The molecule has 0 spiro atoms. The maximum atomic E-state index is 11.6. The smallest absolute Gasteiger partial charge is 0.220 e. The third kappa shape index (κ3) is 4.99. The molecular weight excluding hydrogens is 224 g/mol. The number of nitrogens with one attached hydrogen (secondary N) is 2. The normalized spacial score (nSPS) is 22.5. The average Bonchev–Trinajstić information content (AvgIpc) is 2.27. The van der Waals surface area contributed by atoms with Crippen LogP contribution in [-0.4, -0.2) is 25.5 Å². The van der Waals surface area contributed by atoms with Crippen LogP contribution in [0.25, 0.3) is 0 Å². The maximum absolute atomic E-state index is 11.6. The molecule has 0 aromatic carbocycles. The fourth-order valence-corrected chi connectivity index (χ4v) is 2.16. The van der Waals surface area contributed by atoms with Crippen LogP contribution in [0.15, 0.2) is 11.6 Å². The summed E-state index contributed by atoms with van der Waals surface area (Å²) in [5.41, 5.74) is 0. The molecule has 3 nitrogen and oxygen atoms in total. The first-order chi connectivity index (χ1) is 7.59. The van der Waals surface area contributed by atoms with Crippen molar-refractivity contribution in [3.63, 3.8) is 0 Å². The van der Waals surface area contributed by atoms with E-state index in [9.17, 15) is 4.79 Å². The van der Waals surface area contributed by atoms with Crippen LogP contribution in [0.2, 0.25) is 0 Å². The number of carbonyl (C=O) groups is 1. The zero-order valence-corrected chi connectivity index (χ0v) is 10.6. The highest BCUT2D eigenvalue weighted by molar-refractivity contribution is 6.29. The Kier molecular flexibility index (Phi) is 5.85. The van der Waals surface area contributed by atoms with E-state index in [1.165, 1.54) is 12.8 Å². The highest BCUT2D eigenvalue weighted by atomic mass is 35.5. The van der Waals surface area contributed by atoms with Gasteiger partial charge in [-0.15, -0.1) is 0 Å². The molecular formula is C12H21ClN2O. The Hall–Kier alpha value is -0.540. The lowest BCUT2D eigenvalue weighted by Gasteiger charge is -2.27. The number of halogens is 1. The Morgan fingerprint density at radius 3 is 3.00 bits per heavy atom. The minimum absolute atomic E-state index is 0.0693. The van der Waals surface area contributed by atoms with Gasteiger partial charge in [0.2, 0.25) is 5.91 Å². The fourth-order valence-electron chi connectivity index (χ4n) is 2.09. The molecule has 0 saturated carbocycles. The largest absolute Gasteiger partial charge is 0.351 e. The summed E-state index contributed by atoms with van der Waals surface area (Å²) in [6.07, 6.45) is 3.02. The summed E-state index contributed by atoms with van der Waals surface area (Å²) in [6, 6.07) is 0. The Bertz CT molecular complexity index is 249. The summed E-state index contributed by atoms with van der Waals surface area (Å²) < 4.78 is 0. The molecule has 0 aromatic rings. The van der Waals surface area contributed by atoms with E-state index in [4.69, 9.17) is 11.6 Å². The van der Waals surface area contributed by atoms with Crippen molar-refractivity contribution in [2.45, 2.75) is 26.2 Å². The SMILES string of the molecule is C=C(Cl)CNC(=O)CC(C)C1CCCNC1. The van der Waals surface area contributed by atoms with Crippen molar-refractivity contribution in [2.24, 2.45) is 11.8 Å². The summed E-state index contributed by atoms with van der Waals surface area (Å²) in [5.74, 6) is 1.12. The van der Waals surface area contributed by atoms with Gasteiger partial charge in [0.15, 0.2) is 0 Å². The van der Waals surface area contributed by atoms with Gasteiger partial charge in [-0.3, -0.25) is 4.79 Å². The zero-order valence-electron chi connectivity index (χ0n) is 9.89. The summed E-state index contributed by atoms with van der Waals surface area (Å²) in [5, 5.41) is 6.61.